The average molecular weight is 594 g/mol. The molecule has 45 heavy (non-hydrogen) atoms. The fourth-order valence-corrected chi connectivity index (χ4v) is 9.38. The molecule has 5 aliphatic rings. The lowest BCUT2D eigenvalue weighted by atomic mass is 9.58. The normalized spacial score (nSPS) is 30.3. The largest absolute Gasteiger partial charge is 0.337 e. The van der Waals surface area contributed by atoms with E-state index < -0.39 is 0 Å². The third-order valence-electron chi connectivity index (χ3n) is 12.1. The van der Waals surface area contributed by atoms with E-state index in [-0.39, 0.29) is 10.8 Å². The van der Waals surface area contributed by atoms with Gasteiger partial charge in [0.25, 0.3) is 0 Å². The number of anilines is 1. The van der Waals surface area contributed by atoms with Gasteiger partial charge in [-0.25, -0.2) is 0 Å². The van der Waals surface area contributed by atoms with Crippen LogP contribution in [-0.2, 0) is 17.3 Å². The summed E-state index contributed by atoms with van der Waals surface area (Å²) in [6.07, 6.45) is 34.6. The summed E-state index contributed by atoms with van der Waals surface area (Å²) in [6, 6.07) is 18.8. The summed E-state index contributed by atoms with van der Waals surface area (Å²) in [5.74, 6) is 1.26. The van der Waals surface area contributed by atoms with Crippen LogP contribution in [0.25, 0.3) is 0 Å². The molecule has 2 aromatic carbocycles. The first-order valence-electron chi connectivity index (χ1n) is 17.7. The third-order valence-corrected chi connectivity index (χ3v) is 12.1. The minimum absolute atomic E-state index is 0.114. The van der Waals surface area contributed by atoms with E-state index >= 15 is 0 Å². The molecule has 4 aliphatic carbocycles. The molecule has 2 aromatic rings. The maximum Gasteiger partial charge on any atom is 0.0614 e. The number of nitrogens with zero attached hydrogens (tertiary/aromatic N) is 1. The minimum atomic E-state index is 0.114. The number of benzene rings is 2. The van der Waals surface area contributed by atoms with Crippen LogP contribution in [0.15, 0.2) is 132 Å². The molecule has 4 unspecified atom stereocenters. The zero-order chi connectivity index (χ0) is 31.0. The lowest BCUT2D eigenvalue weighted by Crippen LogP contribution is -2.43. The molecule has 0 aromatic heterocycles. The van der Waals surface area contributed by atoms with Crippen molar-refractivity contribution >= 4 is 5.69 Å². The van der Waals surface area contributed by atoms with Crippen molar-refractivity contribution in [3.63, 3.8) is 0 Å². The molecule has 0 N–H and O–H groups in total. The van der Waals surface area contributed by atoms with Gasteiger partial charge in [-0.15, -0.1) is 0 Å². The smallest absolute Gasteiger partial charge is 0.0614 e. The Morgan fingerprint density at radius 1 is 0.889 bits per heavy atom. The van der Waals surface area contributed by atoms with Gasteiger partial charge in [0.2, 0.25) is 0 Å². The summed E-state index contributed by atoms with van der Waals surface area (Å²) < 4.78 is 0. The van der Waals surface area contributed by atoms with Crippen molar-refractivity contribution in [1.82, 2.24) is 0 Å². The predicted octanol–water partition coefficient (Wildman–Crippen LogP) is 11.4. The number of hydrogen-bond acceptors (Lipinski definition) is 1. The van der Waals surface area contributed by atoms with Gasteiger partial charge in [-0.05, 0) is 110 Å². The molecule has 0 fully saturated rings. The molecule has 1 heteroatoms. The van der Waals surface area contributed by atoms with Gasteiger partial charge in [0, 0.05) is 22.2 Å². The van der Waals surface area contributed by atoms with E-state index in [9.17, 15) is 0 Å². The number of fused-ring (bicyclic) bond motifs is 6. The maximum atomic E-state index is 2.66. The van der Waals surface area contributed by atoms with Crippen molar-refractivity contribution in [2.45, 2.75) is 102 Å². The van der Waals surface area contributed by atoms with Gasteiger partial charge < -0.3 is 4.90 Å². The quantitative estimate of drug-likeness (QED) is 0.217. The van der Waals surface area contributed by atoms with Gasteiger partial charge in [-0.2, -0.15) is 0 Å². The summed E-state index contributed by atoms with van der Waals surface area (Å²) >= 11 is 0. The van der Waals surface area contributed by atoms with Gasteiger partial charge >= 0.3 is 0 Å². The molecular weight excluding hydrogens is 542 g/mol. The molecule has 0 saturated carbocycles. The number of allylic oxidation sites excluding steroid dienone is 13. The topological polar surface area (TPSA) is 3.24 Å². The second kappa shape index (κ2) is 12.3. The van der Waals surface area contributed by atoms with Gasteiger partial charge in [0.05, 0.1) is 6.04 Å². The second-order valence-corrected chi connectivity index (χ2v) is 14.5. The fraction of sp³-hybridized carbons (Fsp3) is 0.409. The average Bonchev–Trinajstić information content (AvgIpc) is 3.35. The highest BCUT2D eigenvalue weighted by Crippen LogP contribution is 2.53. The SMILES string of the molecule is CC/C(=C\C=C(/CC)C1=CC=C(N2c3ccccc3[C@@]3(C)CCC=CC23)CC1)CCC1Cc2ccccc2C2(C)C=CC=CC12. The molecule has 0 bridgehead atoms. The number of rotatable bonds is 8. The summed E-state index contributed by atoms with van der Waals surface area (Å²) in [5, 5.41) is 0. The van der Waals surface area contributed by atoms with Gasteiger partial charge in [0.1, 0.15) is 0 Å². The van der Waals surface area contributed by atoms with Crippen molar-refractivity contribution in [2.75, 3.05) is 4.90 Å². The lowest BCUT2D eigenvalue weighted by molar-refractivity contribution is 0.250. The van der Waals surface area contributed by atoms with Crippen LogP contribution in [-0.4, -0.2) is 6.04 Å². The first-order valence-corrected chi connectivity index (χ1v) is 17.7. The lowest BCUT2D eigenvalue weighted by Gasteiger charge is -2.46. The van der Waals surface area contributed by atoms with Crippen LogP contribution in [0.4, 0.5) is 5.69 Å². The second-order valence-electron chi connectivity index (χ2n) is 14.5. The predicted molar refractivity (Wildman–Crippen MR) is 193 cm³/mol. The Morgan fingerprint density at radius 2 is 1.71 bits per heavy atom. The van der Waals surface area contributed by atoms with Crippen molar-refractivity contribution in [3.8, 4) is 0 Å². The summed E-state index contributed by atoms with van der Waals surface area (Å²) in [4.78, 5) is 2.66. The van der Waals surface area contributed by atoms with Gasteiger partial charge in [0.15, 0.2) is 0 Å². The highest BCUT2D eigenvalue weighted by atomic mass is 15.2. The maximum absolute atomic E-state index is 2.66. The summed E-state index contributed by atoms with van der Waals surface area (Å²) in [7, 11) is 0. The summed E-state index contributed by atoms with van der Waals surface area (Å²) in [6.45, 7) is 9.60. The molecule has 0 radical (unpaired) electrons. The Bertz CT molecular complexity index is 1650. The third kappa shape index (κ3) is 5.27. The molecule has 1 heterocycles. The summed E-state index contributed by atoms with van der Waals surface area (Å²) in [5.41, 5.74) is 12.4. The van der Waals surface area contributed by atoms with Crippen molar-refractivity contribution in [3.05, 3.63) is 148 Å². The Balaban J connectivity index is 1.08. The molecule has 0 amide bonds. The van der Waals surface area contributed by atoms with E-state index in [0.29, 0.717) is 17.9 Å². The minimum Gasteiger partial charge on any atom is -0.337 e. The van der Waals surface area contributed by atoms with Crippen molar-refractivity contribution < 1.29 is 0 Å². The van der Waals surface area contributed by atoms with Crippen LogP contribution < -0.4 is 4.90 Å². The zero-order valence-corrected chi connectivity index (χ0v) is 27.9. The van der Waals surface area contributed by atoms with E-state index in [2.05, 4.69) is 142 Å². The number of hydrogen-bond donors (Lipinski definition) is 0. The molecule has 5 atom stereocenters. The monoisotopic (exact) mass is 593 g/mol. The van der Waals surface area contributed by atoms with Crippen LogP contribution in [0.3, 0.4) is 0 Å². The standard InChI is InChI=1S/C44H51N/c1-5-32(22-24-36-31-35-15-7-8-16-38(35)43(3)29-13-11-17-39(36)43)21-23-33(6-2)34-25-27-37(28-26-34)45-41-19-10-9-18-40(41)44(4)30-14-12-20-42(44)45/h7-13,15-21,23,25,27,29,36,39,42H,5-6,14,22,24,26,28,30-31H2,1-4H3/b32-21+,33-23+/t36?,39?,42?,43?,44-/m1/s1. The van der Waals surface area contributed by atoms with Crippen molar-refractivity contribution in [1.29, 1.82) is 0 Å². The van der Waals surface area contributed by atoms with E-state index in [4.69, 9.17) is 0 Å². The highest BCUT2D eigenvalue weighted by Gasteiger charge is 2.48. The zero-order valence-electron chi connectivity index (χ0n) is 27.9. The van der Waals surface area contributed by atoms with E-state index in [1.54, 1.807) is 11.1 Å². The first-order chi connectivity index (χ1) is 22.0. The molecule has 1 nitrogen and oxygen atoms in total. The van der Waals surface area contributed by atoms with Gasteiger partial charge in [-0.3, -0.25) is 0 Å². The Morgan fingerprint density at radius 3 is 2.51 bits per heavy atom. The Kier molecular flexibility index (Phi) is 8.23. The van der Waals surface area contributed by atoms with Crippen LogP contribution >= 0.6 is 0 Å². The van der Waals surface area contributed by atoms with Crippen LogP contribution in [0, 0.1) is 11.8 Å². The van der Waals surface area contributed by atoms with Crippen LogP contribution in [0.1, 0.15) is 95.8 Å². The number of para-hydroxylation sites is 1. The molecule has 7 rings (SSSR count). The van der Waals surface area contributed by atoms with Gasteiger partial charge in [-0.1, -0.05) is 130 Å². The van der Waals surface area contributed by atoms with E-state index in [1.807, 2.05) is 0 Å². The van der Waals surface area contributed by atoms with Crippen LogP contribution in [0.5, 0.6) is 0 Å². The molecule has 0 saturated heterocycles. The Labute approximate surface area is 272 Å². The van der Waals surface area contributed by atoms with Crippen LogP contribution in [0.2, 0.25) is 0 Å². The molecule has 1 aliphatic heterocycles. The highest BCUT2D eigenvalue weighted by molar-refractivity contribution is 5.70. The molecular formula is C44H51N. The van der Waals surface area contributed by atoms with E-state index in [1.165, 1.54) is 65.8 Å². The van der Waals surface area contributed by atoms with Crippen molar-refractivity contribution in [2.24, 2.45) is 11.8 Å². The first kappa shape index (κ1) is 30.1. The van der Waals surface area contributed by atoms with E-state index in [0.717, 1.165) is 25.7 Å². The fourth-order valence-electron chi connectivity index (χ4n) is 9.38. The molecule has 232 valence electrons. The Hall–Kier alpha value is -3.58. The molecule has 0 spiro atoms.